The van der Waals surface area contributed by atoms with Gasteiger partial charge in [-0.1, -0.05) is 46.2 Å². The molecule has 0 fully saturated rings. The van der Waals surface area contributed by atoms with Crippen LogP contribution in [0.4, 0.5) is 0 Å². The molecule has 3 nitrogen and oxygen atoms in total. The minimum atomic E-state index is 0.187. The Balaban J connectivity index is 2.85. The van der Waals surface area contributed by atoms with E-state index in [9.17, 15) is 0 Å². The largest absolute Gasteiger partial charge is 0.316 e. The van der Waals surface area contributed by atoms with Crippen LogP contribution < -0.4 is 5.32 Å². The third-order valence-corrected chi connectivity index (χ3v) is 4.80. The molecule has 0 bridgehead atoms. The van der Waals surface area contributed by atoms with E-state index in [1.807, 2.05) is 14.0 Å². The van der Waals surface area contributed by atoms with Gasteiger partial charge in [-0.3, -0.25) is 4.68 Å². The third kappa shape index (κ3) is 4.23. The molecule has 0 saturated carbocycles. The number of rotatable bonds is 7. The van der Waals surface area contributed by atoms with E-state index >= 15 is 0 Å². The van der Waals surface area contributed by atoms with Crippen molar-refractivity contribution in [2.24, 2.45) is 24.3 Å². The number of aromatic nitrogens is 2. The van der Waals surface area contributed by atoms with Crippen LogP contribution in [0.5, 0.6) is 0 Å². The fourth-order valence-electron chi connectivity index (χ4n) is 2.40. The molecule has 4 heteroatoms. The molecule has 0 aliphatic heterocycles. The Labute approximate surface area is 129 Å². The highest BCUT2D eigenvalue weighted by Crippen LogP contribution is 2.34. The standard InChI is InChI=1S/C16H30ClN3/c1-11(2)9-18-10-16(6,12(3)4)8-14-13(5)19-20(7)15(14)17/h11-12,18H,8-10H2,1-7H3. The monoisotopic (exact) mass is 299 g/mol. The molecule has 0 aromatic carbocycles. The molecule has 0 aliphatic carbocycles. The van der Waals surface area contributed by atoms with E-state index in [1.54, 1.807) is 4.68 Å². The van der Waals surface area contributed by atoms with Crippen LogP contribution in [0.25, 0.3) is 0 Å². The van der Waals surface area contributed by atoms with Gasteiger partial charge in [0, 0.05) is 19.2 Å². The van der Waals surface area contributed by atoms with Crippen molar-refractivity contribution in [2.45, 2.75) is 48.0 Å². The Morgan fingerprint density at radius 1 is 1.30 bits per heavy atom. The zero-order valence-corrected chi connectivity index (χ0v) is 14.8. The Morgan fingerprint density at radius 3 is 2.30 bits per heavy atom. The number of halogens is 1. The van der Waals surface area contributed by atoms with Crippen LogP contribution in [0.15, 0.2) is 0 Å². The van der Waals surface area contributed by atoms with Gasteiger partial charge in [0.05, 0.1) is 5.69 Å². The molecule has 116 valence electrons. The first-order chi connectivity index (χ1) is 9.17. The predicted octanol–water partition coefficient (Wildman–Crippen LogP) is 3.83. The highest BCUT2D eigenvalue weighted by Gasteiger charge is 2.31. The first kappa shape index (κ1) is 17.5. The maximum absolute atomic E-state index is 6.39. The Bertz CT molecular complexity index is 437. The van der Waals surface area contributed by atoms with Gasteiger partial charge in [0.2, 0.25) is 0 Å². The van der Waals surface area contributed by atoms with Gasteiger partial charge in [-0.05, 0) is 37.1 Å². The van der Waals surface area contributed by atoms with Gasteiger partial charge in [0.1, 0.15) is 5.15 Å². The molecule has 0 radical (unpaired) electrons. The molecule has 1 aromatic rings. The molecule has 1 rings (SSSR count). The van der Waals surface area contributed by atoms with Gasteiger partial charge in [0.15, 0.2) is 0 Å². The average Bonchev–Trinajstić information content (AvgIpc) is 2.55. The Hall–Kier alpha value is -0.540. The van der Waals surface area contributed by atoms with E-state index in [-0.39, 0.29) is 5.41 Å². The molecule has 20 heavy (non-hydrogen) atoms. The summed E-state index contributed by atoms with van der Waals surface area (Å²) in [6.45, 7) is 15.5. The van der Waals surface area contributed by atoms with Crippen molar-refractivity contribution in [1.82, 2.24) is 15.1 Å². The number of aryl methyl sites for hydroxylation is 2. The number of hydrogen-bond donors (Lipinski definition) is 1. The van der Waals surface area contributed by atoms with E-state index in [0.29, 0.717) is 11.8 Å². The quantitative estimate of drug-likeness (QED) is 0.829. The Kier molecular flexibility index (Phi) is 6.08. The van der Waals surface area contributed by atoms with Gasteiger partial charge in [-0.25, -0.2) is 0 Å². The van der Waals surface area contributed by atoms with Gasteiger partial charge in [-0.15, -0.1) is 0 Å². The van der Waals surface area contributed by atoms with Crippen molar-refractivity contribution >= 4 is 11.6 Å². The fraction of sp³-hybridized carbons (Fsp3) is 0.812. The van der Waals surface area contributed by atoms with E-state index in [0.717, 1.165) is 30.4 Å². The topological polar surface area (TPSA) is 29.9 Å². The fourth-order valence-corrected chi connectivity index (χ4v) is 2.64. The van der Waals surface area contributed by atoms with Crippen LogP contribution in [0, 0.1) is 24.2 Å². The molecular formula is C16H30ClN3. The first-order valence-electron chi connectivity index (χ1n) is 7.56. The van der Waals surface area contributed by atoms with Gasteiger partial charge >= 0.3 is 0 Å². The minimum Gasteiger partial charge on any atom is -0.316 e. The van der Waals surface area contributed by atoms with Crippen LogP contribution in [0.3, 0.4) is 0 Å². The highest BCUT2D eigenvalue weighted by molar-refractivity contribution is 6.30. The molecule has 1 atom stereocenters. The molecule has 1 unspecified atom stereocenters. The van der Waals surface area contributed by atoms with Crippen molar-refractivity contribution in [3.05, 3.63) is 16.4 Å². The van der Waals surface area contributed by atoms with Crippen LogP contribution in [-0.2, 0) is 13.5 Å². The van der Waals surface area contributed by atoms with Gasteiger partial charge < -0.3 is 5.32 Å². The molecule has 1 heterocycles. The molecule has 0 saturated heterocycles. The lowest BCUT2D eigenvalue weighted by Gasteiger charge is -2.34. The van der Waals surface area contributed by atoms with E-state index in [2.05, 4.69) is 45.0 Å². The number of nitrogens with one attached hydrogen (secondary N) is 1. The number of hydrogen-bond acceptors (Lipinski definition) is 2. The predicted molar refractivity (Wildman–Crippen MR) is 87.3 cm³/mol. The molecule has 0 aliphatic rings. The lowest BCUT2D eigenvalue weighted by atomic mass is 9.74. The van der Waals surface area contributed by atoms with E-state index in [4.69, 9.17) is 11.6 Å². The maximum Gasteiger partial charge on any atom is 0.130 e. The SMILES string of the molecule is Cc1nn(C)c(Cl)c1CC(C)(CNCC(C)C)C(C)C. The summed E-state index contributed by atoms with van der Waals surface area (Å²) in [6.07, 6.45) is 0.967. The molecule has 0 spiro atoms. The van der Waals surface area contributed by atoms with Crippen LogP contribution >= 0.6 is 11.6 Å². The van der Waals surface area contributed by atoms with Gasteiger partial charge in [-0.2, -0.15) is 5.10 Å². The Morgan fingerprint density at radius 2 is 1.90 bits per heavy atom. The lowest BCUT2D eigenvalue weighted by Crippen LogP contribution is -2.39. The van der Waals surface area contributed by atoms with E-state index in [1.165, 1.54) is 5.56 Å². The summed E-state index contributed by atoms with van der Waals surface area (Å²) in [5, 5.41) is 8.81. The molecule has 1 N–H and O–H groups in total. The van der Waals surface area contributed by atoms with Crippen LogP contribution in [-0.4, -0.2) is 22.9 Å². The van der Waals surface area contributed by atoms with Crippen molar-refractivity contribution < 1.29 is 0 Å². The second-order valence-corrected chi connectivity index (χ2v) is 7.35. The van der Waals surface area contributed by atoms with Gasteiger partial charge in [0.25, 0.3) is 0 Å². The second-order valence-electron chi connectivity index (χ2n) is 6.99. The second kappa shape index (κ2) is 6.95. The average molecular weight is 300 g/mol. The summed E-state index contributed by atoms with van der Waals surface area (Å²) < 4.78 is 1.77. The molecule has 0 amide bonds. The summed E-state index contributed by atoms with van der Waals surface area (Å²) in [7, 11) is 1.91. The zero-order valence-electron chi connectivity index (χ0n) is 14.0. The van der Waals surface area contributed by atoms with Crippen molar-refractivity contribution in [3.8, 4) is 0 Å². The summed E-state index contributed by atoms with van der Waals surface area (Å²) in [4.78, 5) is 0. The van der Waals surface area contributed by atoms with Crippen LogP contribution in [0.2, 0.25) is 5.15 Å². The maximum atomic E-state index is 6.39. The van der Waals surface area contributed by atoms with Crippen molar-refractivity contribution in [1.29, 1.82) is 0 Å². The molecule has 1 aromatic heterocycles. The summed E-state index contributed by atoms with van der Waals surface area (Å²) in [5.41, 5.74) is 2.43. The van der Waals surface area contributed by atoms with Crippen LogP contribution in [0.1, 0.15) is 45.9 Å². The molecular weight excluding hydrogens is 270 g/mol. The zero-order chi connectivity index (χ0) is 15.5. The smallest absolute Gasteiger partial charge is 0.130 e. The number of nitrogens with zero attached hydrogens (tertiary/aromatic N) is 2. The van der Waals surface area contributed by atoms with Crippen molar-refractivity contribution in [3.63, 3.8) is 0 Å². The van der Waals surface area contributed by atoms with Crippen molar-refractivity contribution in [2.75, 3.05) is 13.1 Å². The lowest BCUT2D eigenvalue weighted by molar-refractivity contribution is 0.204. The normalized spacial score (nSPS) is 15.1. The summed E-state index contributed by atoms with van der Waals surface area (Å²) >= 11 is 6.39. The van der Waals surface area contributed by atoms with E-state index < -0.39 is 0 Å². The highest BCUT2D eigenvalue weighted by atomic mass is 35.5. The third-order valence-electron chi connectivity index (χ3n) is 4.33. The first-order valence-corrected chi connectivity index (χ1v) is 7.94. The summed E-state index contributed by atoms with van der Waals surface area (Å²) in [6, 6.07) is 0. The summed E-state index contributed by atoms with van der Waals surface area (Å²) in [5.74, 6) is 1.26. The minimum absolute atomic E-state index is 0.187.